The lowest BCUT2D eigenvalue weighted by molar-refractivity contribution is -0.156. The SMILES string of the molecule is CCOC(=O)[C@@H]1CC[C@@H]2[C@H]3CCC4=CC(=O)CC[C@]4(C=O)[C@@H]3CC[C@@]21C. The molecule has 0 N–H and O–H groups in total. The molecule has 4 aliphatic carbocycles. The van der Waals surface area contributed by atoms with Gasteiger partial charge in [-0.05, 0) is 81.1 Å². The van der Waals surface area contributed by atoms with Crippen molar-refractivity contribution in [2.75, 3.05) is 6.61 Å². The Morgan fingerprint density at radius 2 is 2.00 bits per heavy atom. The summed E-state index contributed by atoms with van der Waals surface area (Å²) in [7, 11) is 0. The first-order chi connectivity index (χ1) is 12.5. The topological polar surface area (TPSA) is 60.4 Å². The van der Waals surface area contributed by atoms with E-state index < -0.39 is 5.41 Å². The van der Waals surface area contributed by atoms with E-state index in [1.807, 2.05) is 6.92 Å². The number of carbonyl (C=O) groups excluding carboxylic acids is 3. The standard InChI is InChI=1S/C22H30O4/c1-3-26-20(25)19-7-6-17-16-5-4-14-12-15(24)8-11-22(14,13-23)18(16)9-10-21(17,19)2/h12-13,16-19H,3-11H2,1-2H3/t16-,17-,18-,19+,21+,22-/m1/s1. The maximum atomic E-state index is 12.5. The number of allylic oxidation sites excluding steroid dienone is 1. The molecule has 142 valence electrons. The van der Waals surface area contributed by atoms with Crippen LogP contribution < -0.4 is 0 Å². The van der Waals surface area contributed by atoms with Crippen molar-refractivity contribution in [2.24, 2.45) is 34.5 Å². The summed E-state index contributed by atoms with van der Waals surface area (Å²) in [5, 5.41) is 0. The van der Waals surface area contributed by atoms with Crippen molar-refractivity contribution < 1.29 is 19.1 Å². The van der Waals surface area contributed by atoms with Gasteiger partial charge >= 0.3 is 5.97 Å². The first-order valence-corrected chi connectivity index (χ1v) is 10.3. The highest BCUT2D eigenvalue weighted by molar-refractivity contribution is 5.93. The Morgan fingerprint density at radius 3 is 2.73 bits per heavy atom. The van der Waals surface area contributed by atoms with Crippen LogP contribution in [0, 0.1) is 34.5 Å². The summed E-state index contributed by atoms with van der Waals surface area (Å²) < 4.78 is 5.37. The van der Waals surface area contributed by atoms with Crippen LogP contribution in [-0.2, 0) is 19.1 Å². The van der Waals surface area contributed by atoms with Crippen LogP contribution in [0.2, 0.25) is 0 Å². The van der Waals surface area contributed by atoms with Gasteiger partial charge in [-0.15, -0.1) is 0 Å². The monoisotopic (exact) mass is 358 g/mol. The second kappa shape index (κ2) is 6.31. The molecule has 0 aromatic rings. The zero-order valence-electron chi connectivity index (χ0n) is 16.0. The van der Waals surface area contributed by atoms with Crippen molar-refractivity contribution in [3.8, 4) is 0 Å². The predicted molar refractivity (Wildman–Crippen MR) is 97.2 cm³/mol. The number of ether oxygens (including phenoxy) is 1. The number of hydrogen-bond donors (Lipinski definition) is 0. The van der Waals surface area contributed by atoms with Gasteiger partial charge in [0, 0.05) is 6.42 Å². The van der Waals surface area contributed by atoms with Gasteiger partial charge in [-0.2, -0.15) is 0 Å². The molecule has 6 atom stereocenters. The van der Waals surface area contributed by atoms with Crippen molar-refractivity contribution in [1.82, 2.24) is 0 Å². The van der Waals surface area contributed by atoms with Gasteiger partial charge in [0.05, 0.1) is 17.9 Å². The third-order valence-corrected chi connectivity index (χ3v) is 8.35. The molecule has 0 radical (unpaired) electrons. The quantitative estimate of drug-likeness (QED) is 0.567. The molecule has 3 saturated carbocycles. The number of hydrogen-bond acceptors (Lipinski definition) is 4. The molecule has 0 aliphatic heterocycles. The van der Waals surface area contributed by atoms with Crippen LogP contribution in [0.15, 0.2) is 11.6 Å². The molecule has 26 heavy (non-hydrogen) atoms. The molecule has 4 nitrogen and oxygen atoms in total. The second-order valence-corrected chi connectivity index (χ2v) is 9.14. The lowest BCUT2D eigenvalue weighted by Gasteiger charge is -2.57. The third-order valence-electron chi connectivity index (χ3n) is 8.35. The smallest absolute Gasteiger partial charge is 0.309 e. The van der Waals surface area contributed by atoms with Crippen LogP contribution in [0.5, 0.6) is 0 Å². The number of esters is 1. The lowest BCUT2D eigenvalue weighted by Crippen LogP contribution is -2.52. The van der Waals surface area contributed by atoms with E-state index in [0.29, 0.717) is 37.2 Å². The Kier molecular flexibility index (Phi) is 4.36. The number of fused-ring (bicyclic) bond motifs is 5. The van der Waals surface area contributed by atoms with Crippen molar-refractivity contribution in [1.29, 1.82) is 0 Å². The molecule has 0 amide bonds. The van der Waals surface area contributed by atoms with Crippen LogP contribution in [0.4, 0.5) is 0 Å². The van der Waals surface area contributed by atoms with Crippen LogP contribution in [0.3, 0.4) is 0 Å². The van der Waals surface area contributed by atoms with E-state index in [2.05, 4.69) is 6.92 Å². The van der Waals surface area contributed by atoms with Gasteiger partial charge < -0.3 is 9.53 Å². The highest BCUT2D eigenvalue weighted by atomic mass is 16.5. The minimum Gasteiger partial charge on any atom is -0.466 e. The average molecular weight is 358 g/mol. The van der Waals surface area contributed by atoms with Gasteiger partial charge in [0.15, 0.2) is 5.78 Å². The van der Waals surface area contributed by atoms with Crippen LogP contribution >= 0.6 is 0 Å². The molecular weight excluding hydrogens is 328 g/mol. The molecule has 4 rings (SSSR count). The van der Waals surface area contributed by atoms with Gasteiger partial charge in [0.1, 0.15) is 6.29 Å². The first-order valence-electron chi connectivity index (χ1n) is 10.3. The van der Waals surface area contributed by atoms with E-state index in [9.17, 15) is 14.4 Å². The number of ketones is 1. The largest absolute Gasteiger partial charge is 0.466 e. The Morgan fingerprint density at radius 1 is 1.19 bits per heavy atom. The number of carbonyl (C=O) groups is 3. The fraction of sp³-hybridized carbons (Fsp3) is 0.773. The Hall–Kier alpha value is -1.45. The maximum absolute atomic E-state index is 12.5. The third kappa shape index (κ3) is 2.36. The highest BCUT2D eigenvalue weighted by Crippen LogP contribution is 2.66. The van der Waals surface area contributed by atoms with Gasteiger partial charge in [0.2, 0.25) is 0 Å². The van der Waals surface area contributed by atoms with Crippen molar-refractivity contribution in [2.45, 2.75) is 65.2 Å². The summed E-state index contributed by atoms with van der Waals surface area (Å²) >= 11 is 0. The first kappa shape index (κ1) is 17.9. The van der Waals surface area contributed by atoms with Crippen LogP contribution in [0.25, 0.3) is 0 Å². The fourth-order valence-corrected chi connectivity index (χ4v) is 7.12. The minimum atomic E-state index is -0.416. The van der Waals surface area contributed by atoms with Crippen molar-refractivity contribution in [3.05, 3.63) is 11.6 Å². The van der Waals surface area contributed by atoms with E-state index in [-0.39, 0.29) is 23.1 Å². The Balaban J connectivity index is 1.65. The summed E-state index contributed by atoms with van der Waals surface area (Å²) in [5.74, 6) is 1.48. The Labute approximate surface area is 155 Å². The molecule has 0 heterocycles. The summed E-state index contributed by atoms with van der Waals surface area (Å²) in [6, 6.07) is 0. The lowest BCUT2D eigenvalue weighted by atomic mass is 9.46. The van der Waals surface area contributed by atoms with E-state index >= 15 is 0 Å². The van der Waals surface area contributed by atoms with Crippen LogP contribution in [-0.4, -0.2) is 24.6 Å². The summed E-state index contributed by atoms with van der Waals surface area (Å²) in [6.45, 7) is 4.60. The normalized spacial score (nSPS) is 44.4. The maximum Gasteiger partial charge on any atom is 0.309 e. The average Bonchev–Trinajstić information content (AvgIpc) is 2.99. The zero-order chi connectivity index (χ0) is 18.5. The zero-order valence-corrected chi connectivity index (χ0v) is 16.0. The van der Waals surface area contributed by atoms with Gasteiger partial charge in [-0.1, -0.05) is 12.5 Å². The molecular formula is C22H30O4. The van der Waals surface area contributed by atoms with E-state index in [1.54, 1.807) is 6.08 Å². The molecule has 0 aromatic carbocycles. The van der Waals surface area contributed by atoms with E-state index in [1.165, 1.54) is 6.29 Å². The molecule has 0 bridgehead atoms. The number of rotatable bonds is 3. The van der Waals surface area contributed by atoms with Gasteiger partial charge in [-0.25, -0.2) is 0 Å². The second-order valence-electron chi connectivity index (χ2n) is 9.14. The molecule has 0 saturated heterocycles. The predicted octanol–water partition coefficient (Wildman–Crippen LogP) is 3.88. The summed E-state index contributed by atoms with van der Waals surface area (Å²) in [5.41, 5.74) is 0.678. The van der Waals surface area contributed by atoms with E-state index in [0.717, 1.165) is 44.1 Å². The number of aldehydes is 1. The minimum absolute atomic E-state index is 0.00317. The molecule has 3 fully saturated rings. The van der Waals surface area contributed by atoms with Gasteiger partial charge in [0.25, 0.3) is 0 Å². The molecule has 4 aliphatic rings. The van der Waals surface area contributed by atoms with E-state index in [4.69, 9.17) is 4.74 Å². The van der Waals surface area contributed by atoms with Crippen molar-refractivity contribution >= 4 is 18.0 Å². The fourth-order valence-electron chi connectivity index (χ4n) is 7.12. The van der Waals surface area contributed by atoms with Crippen molar-refractivity contribution in [3.63, 3.8) is 0 Å². The molecule has 0 unspecified atom stereocenters. The molecule has 4 heteroatoms. The molecule has 0 aromatic heterocycles. The van der Waals surface area contributed by atoms with Crippen LogP contribution in [0.1, 0.15) is 65.2 Å². The summed E-state index contributed by atoms with van der Waals surface area (Å²) in [6.07, 6.45) is 9.99. The van der Waals surface area contributed by atoms with Gasteiger partial charge in [-0.3, -0.25) is 9.59 Å². The Bertz CT molecular complexity index is 665. The molecule has 0 spiro atoms. The highest BCUT2D eigenvalue weighted by Gasteiger charge is 2.61. The summed E-state index contributed by atoms with van der Waals surface area (Å²) in [4.78, 5) is 36.7.